The molecule has 2 fully saturated rings. The largest absolute Gasteiger partial charge is 0.493 e. The van der Waals surface area contributed by atoms with E-state index in [9.17, 15) is 9.59 Å². The number of amides is 2. The minimum atomic E-state index is 0.0366. The van der Waals surface area contributed by atoms with Gasteiger partial charge in [-0.2, -0.15) is 0 Å². The summed E-state index contributed by atoms with van der Waals surface area (Å²) in [7, 11) is 0. The fraction of sp³-hybridized carbons (Fsp3) is 0.417. The first-order valence-electron chi connectivity index (χ1n) is 10.7. The lowest BCUT2D eigenvalue weighted by atomic mass is 9.98. The Morgan fingerprint density at radius 2 is 1.60 bits per heavy atom. The molecule has 0 spiro atoms. The number of hydrogen-bond donors (Lipinski definition) is 0. The van der Waals surface area contributed by atoms with Gasteiger partial charge in [0.1, 0.15) is 5.75 Å². The maximum Gasteiger partial charge on any atom is 0.253 e. The molecule has 1 atom stereocenters. The molecule has 2 aliphatic rings. The minimum Gasteiger partial charge on any atom is -0.493 e. The number of carbonyl (C=O) groups is 2. The standard InChI is InChI=1S/C24H27ClN2O3/c25-21-10-8-19(9-11-21)23(28)27-14-4-5-18(16-27)17-30-22-7-3-6-20(15-22)24(29)26-12-1-2-13-26/h3,6-11,15,18H,1-2,4-5,12-14,16-17H2. The zero-order chi connectivity index (χ0) is 20.9. The van der Waals surface area contributed by atoms with Crippen molar-refractivity contribution in [3.8, 4) is 5.75 Å². The second kappa shape index (κ2) is 9.52. The van der Waals surface area contributed by atoms with Gasteiger partial charge in [-0.15, -0.1) is 0 Å². The highest BCUT2D eigenvalue weighted by molar-refractivity contribution is 6.30. The molecule has 2 amide bonds. The number of ether oxygens (including phenoxy) is 1. The van der Waals surface area contributed by atoms with Crippen LogP contribution in [0.25, 0.3) is 0 Å². The molecule has 0 aromatic heterocycles. The van der Waals surface area contributed by atoms with E-state index in [0.717, 1.165) is 45.3 Å². The van der Waals surface area contributed by atoms with E-state index in [-0.39, 0.29) is 17.7 Å². The molecule has 6 heteroatoms. The van der Waals surface area contributed by atoms with Gasteiger partial charge in [0.25, 0.3) is 11.8 Å². The molecule has 30 heavy (non-hydrogen) atoms. The number of rotatable bonds is 5. The lowest BCUT2D eigenvalue weighted by Crippen LogP contribution is -2.41. The smallest absolute Gasteiger partial charge is 0.253 e. The van der Waals surface area contributed by atoms with Crippen LogP contribution in [0.5, 0.6) is 5.75 Å². The van der Waals surface area contributed by atoms with E-state index < -0.39 is 0 Å². The van der Waals surface area contributed by atoms with Crippen molar-refractivity contribution < 1.29 is 14.3 Å². The number of benzene rings is 2. The summed E-state index contributed by atoms with van der Waals surface area (Å²) in [5.74, 6) is 1.10. The zero-order valence-electron chi connectivity index (χ0n) is 17.1. The summed E-state index contributed by atoms with van der Waals surface area (Å²) in [4.78, 5) is 29.2. The van der Waals surface area contributed by atoms with Gasteiger partial charge in [-0.25, -0.2) is 0 Å². The third-order valence-electron chi connectivity index (χ3n) is 5.86. The Bertz CT molecular complexity index is 894. The van der Waals surface area contributed by atoms with Crippen LogP contribution in [0.1, 0.15) is 46.4 Å². The molecule has 158 valence electrons. The Morgan fingerprint density at radius 3 is 2.37 bits per heavy atom. The lowest BCUT2D eigenvalue weighted by Gasteiger charge is -2.32. The van der Waals surface area contributed by atoms with Crippen molar-refractivity contribution in [1.82, 2.24) is 9.80 Å². The quantitative estimate of drug-likeness (QED) is 0.706. The van der Waals surface area contributed by atoms with Crippen molar-refractivity contribution in [2.75, 3.05) is 32.8 Å². The van der Waals surface area contributed by atoms with Crippen LogP contribution >= 0.6 is 11.6 Å². The van der Waals surface area contributed by atoms with Crippen LogP contribution in [0.2, 0.25) is 5.02 Å². The normalized spacial score (nSPS) is 19.0. The van der Waals surface area contributed by atoms with Crippen LogP contribution in [-0.2, 0) is 0 Å². The van der Waals surface area contributed by atoms with Gasteiger partial charge >= 0.3 is 0 Å². The molecular formula is C24H27ClN2O3. The average molecular weight is 427 g/mol. The first-order chi connectivity index (χ1) is 14.6. The molecule has 0 N–H and O–H groups in total. The van der Waals surface area contributed by atoms with E-state index in [1.807, 2.05) is 34.1 Å². The highest BCUT2D eigenvalue weighted by Crippen LogP contribution is 2.22. The molecule has 2 saturated heterocycles. The van der Waals surface area contributed by atoms with Crippen LogP contribution in [0.15, 0.2) is 48.5 Å². The minimum absolute atomic E-state index is 0.0366. The van der Waals surface area contributed by atoms with Crippen LogP contribution in [0, 0.1) is 5.92 Å². The fourth-order valence-corrected chi connectivity index (χ4v) is 4.32. The maximum atomic E-state index is 12.8. The molecule has 0 aliphatic carbocycles. The van der Waals surface area contributed by atoms with Gasteiger partial charge in [0.15, 0.2) is 0 Å². The van der Waals surface area contributed by atoms with E-state index in [0.29, 0.717) is 35.1 Å². The maximum absolute atomic E-state index is 12.8. The SMILES string of the molecule is O=C(c1cccc(OCC2CCCN(C(=O)c3ccc(Cl)cc3)C2)c1)N1CCCC1. The Balaban J connectivity index is 1.33. The van der Waals surface area contributed by atoms with E-state index in [1.165, 1.54) is 0 Å². The van der Waals surface area contributed by atoms with Crippen molar-refractivity contribution in [1.29, 1.82) is 0 Å². The molecule has 2 aliphatic heterocycles. The third kappa shape index (κ3) is 4.96. The number of hydrogen-bond acceptors (Lipinski definition) is 3. The number of likely N-dealkylation sites (tertiary alicyclic amines) is 2. The summed E-state index contributed by atoms with van der Waals surface area (Å²) in [5, 5.41) is 0.627. The van der Waals surface area contributed by atoms with Crippen molar-refractivity contribution >= 4 is 23.4 Å². The van der Waals surface area contributed by atoms with E-state index in [4.69, 9.17) is 16.3 Å². The topological polar surface area (TPSA) is 49.9 Å². The van der Waals surface area contributed by atoms with Gasteiger partial charge in [0.2, 0.25) is 0 Å². The first kappa shape index (κ1) is 20.7. The van der Waals surface area contributed by atoms with Crippen molar-refractivity contribution in [3.05, 3.63) is 64.7 Å². The van der Waals surface area contributed by atoms with E-state index in [2.05, 4.69) is 0 Å². The van der Waals surface area contributed by atoms with Gasteiger partial charge in [-0.3, -0.25) is 9.59 Å². The molecule has 1 unspecified atom stereocenters. The first-order valence-corrected chi connectivity index (χ1v) is 11.0. The second-order valence-electron chi connectivity index (χ2n) is 8.10. The van der Waals surface area contributed by atoms with Crippen LogP contribution in [-0.4, -0.2) is 54.4 Å². The Hall–Kier alpha value is -2.53. The van der Waals surface area contributed by atoms with Gasteiger partial charge in [-0.1, -0.05) is 17.7 Å². The average Bonchev–Trinajstić information content (AvgIpc) is 3.33. The molecule has 0 saturated carbocycles. The van der Waals surface area contributed by atoms with Crippen LogP contribution in [0.4, 0.5) is 0 Å². The predicted octanol–water partition coefficient (Wildman–Crippen LogP) is 4.51. The zero-order valence-corrected chi connectivity index (χ0v) is 17.8. The molecule has 2 aromatic rings. The lowest BCUT2D eigenvalue weighted by molar-refractivity contribution is 0.0632. The number of piperidine rings is 1. The highest BCUT2D eigenvalue weighted by Gasteiger charge is 2.25. The molecule has 5 nitrogen and oxygen atoms in total. The molecule has 0 radical (unpaired) electrons. The molecule has 0 bridgehead atoms. The molecule has 2 aromatic carbocycles. The summed E-state index contributed by atoms with van der Waals surface area (Å²) in [6.45, 7) is 3.64. The summed E-state index contributed by atoms with van der Waals surface area (Å²) >= 11 is 5.93. The van der Waals surface area contributed by atoms with Crippen molar-refractivity contribution in [2.45, 2.75) is 25.7 Å². The fourth-order valence-electron chi connectivity index (χ4n) is 4.20. The molecular weight excluding hydrogens is 400 g/mol. The number of halogens is 1. The van der Waals surface area contributed by atoms with E-state index >= 15 is 0 Å². The van der Waals surface area contributed by atoms with Gasteiger partial charge < -0.3 is 14.5 Å². The highest BCUT2D eigenvalue weighted by atomic mass is 35.5. The summed E-state index contributed by atoms with van der Waals surface area (Å²) in [6.07, 6.45) is 4.14. The molecule has 2 heterocycles. The van der Waals surface area contributed by atoms with Crippen LogP contribution in [0.3, 0.4) is 0 Å². The van der Waals surface area contributed by atoms with Gasteiger partial charge in [-0.05, 0) is 68.1 Å². The summed E-state index contributed by atoms with van der Waals surface area (Å²) in [6, 6.07) is 14.5. The number of carbonyl (C=O) groups excluding carboxylic acids is 2. The Morgan fingerprint density at radius 1 is 0.900 bits per heavy atom. The third-order valence-corrected chi connectivity index (χ3v) is 6.11. The van der Waals surface area contributed by atoms with Gasteiger partial charge in [0, 0.05) is 48.2 Å². The van der Waals surface area contributed by atoms with Crippen LogP contribution < -0.4 is 4.74 Å². The molecule has 4 rings (SSSR count). The van der Waals surface area contributed by atoms with Crippen molar-refractivity contribution in [3.63, 3.8) is 0 Å². The Labute approximate surface area is 182 Å². The summed E-state index contributed by atoms with van der Waals surface area (Å²) < 4.78 is 6.02. The van der Waals surface area contributed by atoms with Gasteiger partial charge in [0.05, 0.1) is 6.61 Å². The monoisotopic (exact) mass is 426 g/mol. The summed E-state index contributed by atoms with van der Waals surface area (Å²) in [5.41, 5.74) is 1.34. The second-order valence-corrected chi connectivity index (χ2v) is 8.54. The number of nitrogens with zero attached hydrogens (tertiary/aromatic N) is 2. The van der Waals surface area contributed by atoms with E-state index in [1.54, 1.807) is 24.3 Å². The predicted molar refractivity (Wildman–Crippen MR) is 117 cm³/mol. The Kier molecular flexibility index (Phi) is 6.58. The van der Waals surface area contributed by atoms with Crippen molar-refractivity contribution in [2.24, 2.45) is 5.92 Å².